The number of piperidine rings is 2. The molecule has 2 heterocycles. The molecule has 4 nitrogen and oxygen atoms in total. The van der Waals surface area contributed by atoms with Crippen LogP contribution in [0, 0.1) is 35.1 Å². The molecule has 2 aromatic carbocycles. The Bertz CT molecular complexity index is 895. The van der Waals surface area contributed by atoms with Crippen LogP contribution in [0.25, 0.3) is 0 Å². The number of nitrogens with zero attached hydrogens (tertiary/aromatic N) is 2. The molecule has 0 amide bonds. The molecule has 0 bridgehead atoms. The van der Waals surface area contributed by atoms with Crippen LogP contribution in [-0.4, -0.2) is 62.2 Å². The van der Waals surface area contributed by atoms with E-state index in [9.17, 15) is 17.6 Å². The Morgan fingerprint density at radius 3 is 1.42 bits per heavy atom. The van der Waals surface area contributed by atoms with Crippen molar-refractivity contribution < 1.29 is 17.6 Å². The van der Waals surface area contributed by atoms with Crippen LogP contribution in [0.1, 0.15) is 37.8 Å². The molecule has 2 aliphatic heterocycles. The lowest BCUT2D eigenvalue weighted by molar-refractivity contribution is 0.174. The van der Waals surface area contributed by atoms with Gasteiger partial charge in [0.2, 0.25) is 0 Å². The molecule has 2 fully saturated rings. The fourth-order valence-corrected chi connectivity index (χ4v) is 5.13. The first kappa shape index (κ1) is 28.6. The van der Waals surface area contributed by atoms with E-state index in [-0.39, 0.29) is 0 Å². The van der Waals surface area contributed by atoms with Gasteiger partial charge < -0.3 is 20.4 Å². The van der Waals surface area contributed by atoms with Crippen LogP contribution in [0.5, 0.6) is 0 Å². The molecule has 2 saturated heterocycles. The molecular formula is C28H40F4N4. The fraction of sp³-hybridized carbons (Fsp3) is 0.571. The highest BCUT2D eigenvalue weighted by Crippen LogP contribution is 2.18. The monoisotopic (exact) mass is 508 g/mol. The molecule has 2 N–H and O–H groups in total. The lowest BCUT2D eigenvalue weighted by atomic mass is 9.94. The zero-order valence-electron chi connectivity index (χ0n) is 21.8. The van der Waals surface area contributed by atoms with E-state index in [1.807, 2.05) is 0 Å². The Balaban J connectivity index is 0.000000201. The Morgan fingerprint density at radius 1 is 0.694 bits per heavy atom. The van der Waals surface area contributed by atoms with Crippen molar-refractivity contribution >= 4 is 0 Å². The number of likely N-dealkylation sites (tertiary alicyclic amines) is 2. The minimum absolute atomic E-state index is 0.408. The number of benzene rings is 2. The highest BCUT2D eigenvalue weighted by atomic mass is 19.1. The normalized spacial score (nSPS) is 25.3. The van der Waals surface area contributed by atoms with Crippen molar-refractivity contribution in [3.05, 3.63) is 70.8 Å². The van der Waals surface area contributed by atoms with E-state index >= 15 is 0 Å². The van der Waals surface area contributed by atoms with Crippen LogP contribution in [0.3, 0.4) is 0 Å². The molecule has 0 unspecified atom stereocenters. The van der Waals surface area contributed by atoms with Gasteiger partial charge in [-0.15, -0.1) is 0 Å². The fourth-order valence-electron chi connectivity index (χ4n) is 5.13. The molecule has 0 spiro atoms. The van der Waals surface area contributed by atoms with Gasteiger partial charge in [0.05, 0.1) is 0 Å². The predicted molar refractivity (Wildman–Crippen MR) is 137 cm³/mol. The van der Waals surface area contributed by atoms with E-state index in [0.717, 1.165) is 51.2 Å². The lowest BCUT2D eigenvalue weighted by Crippen LogP contribution is -2.46. The molecule has 200 valence electrons. The van der Waals surface area contributed by atoms with Crippen molar-refractivity contribution in [3.63, 3.8) is 0 Å². The molecule has 0 aliphatic carbocycles. The third-order valence-corrected chi connectivity index (χ3v) is 7.36. The van der Waals surface area contributed by atoms with Gasteiger partial charge in [-0.2, -0.15) is 0 Å². The maximum Gasteiger partial charge on any atom is 0.130 e. The highest BCUT2D eigenvalue weighted by molar-refractivity contribution is 5.19. The van der Waals surface area contributed by atoms with Crippen molar-refractivity contribution in [2.24, 2.45) is 11.8 Å². The smallest absolute Gasteiger partial charge is 0.130 e. The third kappa shape index (κ3) is 8.54. The van der Waals surface area contributed by atoms with E-state index < -0.39 is 23.3 Å². The molecular weight excluding hydrogens is 468 g/mol. The van der Waals surface area contributed by atoms with Crippen molar-refractivity contribution in [2.45, 2.75) is 51.9 Å². The largest absolute Gasteiger partial charge is 0.309 e. The maximum atomic E-state index is 13.5. The number of nitrogens with one attached hydrogen (secondary N) is 2. The SMILES string of the molecule is C[C@@H]1CN(C)CC[C@H]1NCc1ccc(F)cc1F.C[C@H]1CN(C)CC[C@@H]1NCc1ccc(F)cc1F. The van der Waals surface area contributed by atoms with Gasteiger partial charge >= 0.3 is 0 Å². The first-order chi connectivity index (χ1) is 17.1. The topological polar surface area (TPSA) is 30.5 Å². The summed E-state index contributed by atoms with van der Waals surface area (Å²) in [6, 6.07) is 8.33. The summed E-state index contributed by atoms with van der Waals surface area (Å²) in [5, 5.41) is 6.76. The van der Waals surface area contributed by atoms with E-state index in [0.29, 0.717) is 48.1 Å². The van der Waals surface area contributed by atoms with Crippen LogP contribution in [0.4, 0.5) is 17.6 Å². The van der Waals surface area contributed by atoms with Gasteiger partial charge in [0.25, 0.3) is 0 Å². The molecule has 8 heteroatoms. The zero-order chi connectivity index (χ0) is 26.2. The van der Waals surface area contributed by atoms with Gasteiger partial charge in [-0.25, -0.2) is 17.6 Å². The molecule has 0 radical (unpaired) electrons. The first-order valence-electron chi connectivity index (χ1n) is 12.8. The first-order valence-corrected chi connectivity index (χ1v) is 12.8. The summed E-state index contributed by atoms with van der Waals surface area (Å²) in [5.74, 6) is -0.890. The summed E-state index contributed by atoms with van der Waals surface area (Å²) < 4.78 is 52.5. The highest BCUT2D eigenvalue weighted by Gasteiger charge is 2.24. The standard InChI is InChI=1S/2C14H20F2N2/c2*1-10-9-18(2)6-5-14(10)17-8-11-3-4-12(15)7-13(11)16/h2*3-4,7,10,14,17H,5-6,8-9H2,1-2H3/t2*10-,14-/m10/s1. The summed E-state index contributed by atoms with van der Waals surface area (Å²) in [4.78, 5) is 4.61. The van der Waals surface area contributed by atoms with Gasteiger partial charge in [-0.1, -0.05) is 26.0 Å². The molecule has 0 saturated carbocycles. The van der Waals surface area contributed by atoms with Crippen molar-refractivity contribution in [2.75, 3.05) is 40.3 Å². The van der Waals surface area contributed by atoms with Gasteiger partial charge in [-0.05, 0) is 64.0 Å². The predicted octanol–water partition coefficient (Wildman–Crippen LogP) is 4.79. The maximum absolute atomic E-state index is 13.5. The van der Waals surface area contributed by atoms with E-state index in [2.05, 4.69) is 48.4 Å². The second-order valence-electron chi connectivity index (χ2n) is 10.5. The quantitative estimate of drug-likeness (QED) is 0.550. The minimum Gasteiger partial charge on any atom is -0.309 e. The van der Waals surface area contributed by atoms with Crippen LogP contribution >= 0.6 is 0 Å². The van der Waals surface area contributed by atoms with Gasteiger partial charge in [0, 0.05) is 61.5 Å². The molecule has 4 atom stereocenters. The number of halogens is 4. The number of hydrogen-bond acceptors (Lipinski definition) is 4. The Morgan fingerprint density at radius 2 is 1.08 bits per heavy atom. The van der Waals surface area contributed by atoms with E-state index in [1.165, 1.54) is 24.3 Å². The molecule has 36 heavy (non-hydrogen) atoms. The second kappa shape index (κ2) is 13.5. The zero-order valence-corrected chi connectivity index (χ0v) is 21.8. The summed E-state index contributed by atoms with van der Waals surface area (Å²) in [6.07, 6.45) is 2.14. The van der Waals surface area contributed by atoms with Crippen LogP contribution in [0.15, 0.2) is 36.4 Å². The van der Waals surface area contributed by atoms with Crippen molar-refractivity contribution in [1.82, 2.24) is 20.4 Å². The Labute approximate surface area is 213 Å². The summed E-state index contributed by atoms with van der Waals surface area (Å²) in [7, 11) is 4.23. The molecule has 2 aliphatic rings. The molecule has 0 aromatic heterocycles. The minimum atomic E-state index is -0.524. The Kier molecular flexibility index (Phi) is 10.7. The average Bonchev–Trinajstić information content (AvgIpc) is 2.80. The number of hydrogen-bond donors (Lipinski definition) is 2. The van der Waals surface area contributed by atoms with Crippen LogP contribution < -0.4 is 10.6 Å². The van der Waals surface area contributed by atoms with Crippen LogP contribution in [0.2, 0.25) is 0 Å². The molecule has 4 rings (SSSR count). The summed E-state index contributed by atoms with van der Waals surface area (Å²) >= 11 is 0. The lowest BCUT2D eigenvalue weighted by Gasteiger charge is -2.35. The second-order valence-corrected chi connectivity index (χ2v) is 10.5. The van der Waals surface area contributed by atoms with Crippen molar-refractivity contribution in [1.29, 1.82) is 0 Å². The molecule has 2 aromatic rings. The third-order valence-electron chi connectivity index (χ3n) is 7.36. The van der Waals surface area contributed by atoms with E-state index in [1.54, 1.807) is 0 Å². The van der Waals surface area contributed by atoms with E-state index in [4.69, 9.17) is 0 Å². The van der Waals surface area contributed by atoms with Gasteiger partial charge in [0.1, 0.15) is 23.3 Å². The Hall–Kier alpha value is -2.00. The van der Waals surface area contributed by atoms with Gasteiger partial charge in [0.15, 0.2) is 0 Å². The van der Waals surface area contributed by atoms with Crippen LogP contribution in [-0.2, 0) is 13.1 Å². The van der Waals surface area contributed by atoms with Crippen molar-refractivity contribution in [3.8, 4) is 0 Å². The summed E-state index contributed by atoms with van der Waals surface area (Å²) in [5.41, 5.74) is 1.06. The summed E-state index contributed by atoms with van der Waals surface area (Å²) in [6.45, 7) is 9.58. The van der Waals surface area contributed by atoms with Gasteiger partial charge in [-0.3, -0.25) is 0 Å². The number of rotatable bonds is 6. The average molecular weight is 509 g/mol.